The monoisotopic (exact) mass is 291 g/mol. The Kier molecular flexibility index (Phi) is 3.46. The molecule has 0 aliphatic rings. The zero-order valence-electron chi connectivity index (χ0n) is 11.9. The molecular formula is C16H13N5O. The van der Waals surface area contributed by atoms with Crippen molar-refractivity contribution in [2.45, 2.75) is 6.92 Å². The van der Waals surface area contributed by atoms with Crippen molar-refractivity contribution in [2.75, 3.05) is 0 Å². The lowest BCUT2D eigenvalue weighted by molar-refractivity contribution is 0.576. The van der Waals surface area contributed by atoms with Crippen LogP contribution in [-0.2, 0) is 0 Å². The van der Waals surface area contributed by atoms with Crippen molar-refractivity contribution < 1.29 is 4.42 Å². The van der Waals surface area contributed by atoms with E-state index >= 15 is 0 Å². The Morgan fingerprint density at radius 2 is 2.05 bits per heavy atom. The summed E-state index contributed by atoms with van der Waals surface area (Å²) in [4.78, 5) is 0. The summed E-state index contributed by atoms with van der Waals surface area (Å²) in [5, 5.41) is 17.7. The Bertz CT molecular complexity index is 854. The predicted molar refractivity (Wildman–Crippen MR) is 82.4 cm³/mol. The SMILES string of the molecule is CC(=NN)c1nn(-c2ccccc2)c(-c2ccco2)c1C#N. The molecule has 2 aromatic heterocycles. The number of hydrogen-bond acceptors (Lipinski definition) is 5. The molecule has 0 spiro atoms. The first-order valence-corrected chi connectivity index (χ1v) is 6.63. The summed E-state index contributed by atoms with van der Waals surface area (Å²) in [5.74, 6) is 5.91. The van der Waals surface area contributed by atoms with Gasteiger partial charge in [0.05, 0.1) is 17.7 Å². The molecule has 0 atom stereocenters. The number of nitrogens with zero attached hydrogens (tertiary/aromatic N) is 4. The van der Waals surface area contributed by atoms with Gasteiger partial charge in [-0.25, -0.2) is 4.68 Å². The van der Waals surface area contributed by atoms with Gasteiger partial charge in [0.2, 0.25) is 0 Å². The highest BCUT2D eigenvalue weighted by molar-refractivity contribution is 6.00. The van der Waals surface area contributed by atoms with E-state index in [9.17, 15) is 5.26 Å². The van der Waals surface area contributed by atoms with Gasteiger partial charge < -0.3 is 10.3 Å². The molecule has 0 aliphatic heterocycles. The van der Waals surface area contributed by atoms with Crippen LogP contribution < -0.4 is 5.84 Å². The number of nitrogens with two attached hydrogens (primary N) is 1. The maximum Gasteiger partial charge on any atom is 0.153 e. The van der Waals surface area contributed by atoms with Gasteiger partial charge in [0.25, 0.3) is 0 Å². The maximum atomic E-state index is 9.56. The average Bonchev–Trinajstić information content (AvgIpc) is 3.21. The highest BCUT2D eigenvalue weighted by atomic mass is 16.3. The van der Waals surface area contributed by atoms with Crippen molar-refractivity contribution in [3.63, 3.8) is 0 Å². The molecule has 22 heavy (non-hydrogen) atoms. The Hall–Kier alpha value is -3.33. The molecule has 1 aromatic carbocycles. The van der Waals surface area contributed by atoms with Gasteiger partial charge in [-0.3, -0.25) is 0 Å². The predicted octanol–water partition coefficient (Wildman–Crippen LogP) is 2.69. The third kappa shape index (κ3) is 2.15. The van der Waals surface area contributed by atoms with Crippen LogP contribution in [0.5, 0.6) is 0 Å². The topological polar surface area (TPSA) is 93.1 Å². The number of benzene rings is 1. The second-order valence-corrected chi connectivity index (χ2v) is 4.62. The molecule has 0 aliphatic carbocycles. The summed E-state index contributed by atoms with van der Waals surface area (Å²) in [6, 6.07) is 15.3. The fraction of sp³-hybridized carbons (Fsp3) is 0.0625. The number of hydrazone groups is 1. The molecule has 108 valence electrons. The summed E-state index contributed by atoms with van der Waals surface area (Å²) in [6.07, 6.45) is 1.56. The van der Waals surface area contributed by atoms with Crippen molar-refractivity contribution >= 4 is 5.71 Å². The zero-order valence-corrected chi connectivity index (χ0v) is 11.9. The van der Waals surface area contributed by atoms with Crippen LogP contribution in [0.4, 0.5) is 0 Å². The average molecular weight is 291 g/mol. The molecule has 0 amide bonds. The third-order valence-corrected chi connectivity index (χ3v) is 3.29. The Balaban J connectivity index is 2.35. The van der Waals surface area contributed by atoms with Crippen molar-refractivity contribution in [3.05, 3.63) is 60.0 Å². The summed E-state index contributed by atoms with van der Waals surface area (Å²) >= 11 is 0. The van der Waals surface area contributed by atoms with Crippen molar-refractivity contribution in [1.82, 2.24) is 9.78 Å². The molecule has 3 rings (SSSR count). The second-order valence-electron chi connectivity index (χ2n) is 4.62. The van der Waals surface area contributed by atoms with Gasteiger partial charge in [-0.05, 0) is 31.2 Å². The van der Waals surface area contributed by atoms with Crippen LogP contribution in [0.15, 0.2) is 58.2 Å². The normalized spacial score (nSPS) is 11.4. The van der Waals surface area contributed by atoms with E-state index in [2.05, 4.69) is 16.3 Å². The van der Waals surface area contributed by atoms with Crippen molar-refractivity contribution in [3.8, 4) is 23.2 Å². The maximum absolute atomic E-state index is 9.56. The molecular weight excluding hydrogens is 278 g/mol. The van der Waals surface area contributed by atoms with Gasteiger partial charge in [0.1, 0.15) is 23.0 Å². The molecule has 0 unspecified atom stereocenters. The molecule has 0 radical (unpaired) electrons. The fourth-order valence-corrected chi connectivity index (χ4v) is 2.24. The molecule has 2 N–H and O–H groups in total. The first kappa shape index (κ1) is 13.6. The Morgan fingerprint density at radius 3 is 2.64 bits per heavy atom. The van der Waals surface area contributed by atoms with Gasteiger partial charge >= 0.3 is 0 Å². The van der Waals surface area contributed by atoms with E-state index in [1.165, 1.54) is 0 Å². The van der Waals surface area contributed by atoms with Gasteiger partial charge in [-0.2, -0.15) is 15.5 Å². The summed E-state index contributed by atoms with van der Waals surface area (Å²) in [7, 11) is 0. The van der Waals surface area contributed by atoms with Gasteiger partial charge in [-0.1, -0.05) is 18.2 Å². The van der Waals surface area contributed by atoms with Crippen LogP contribution >= 0.6 is 0 Å². The standard InChI is InChI=1S/C16H13N5O/c1-11(19-18)15-13(10-17)16(14-8-5-9-22-14)21(20-15)12-6-3-2-4-7-12/h2-9H,18H2,1H3. The van der Waals surface area contributed by atoms with E-state index in [4.69, 9.17) is 10.3 Å². The molecule has 0 fully saturated rings. The summed E-state index contributed by atoms with van der Waals surface area (Å²) < 4.78 is 7.14. The fourth-order valence-electron chi connectivity index (χ4n) is 2.24. The molecule has 3 aromatic rings. The minimum absolute atomic E-state index is 0.380. The summed E-state index contributed by atoms with van der Waals surface area (Å²) in [5.41, 5.74) is 2.71. The first-order chi connectivity index (χ1) is 10.8. The highest BCUT2D eigenvalue weighted by Crippen LogP contribution is 2.29. The lowest BCUT2D eigenvalue weighted by Gasteiger charge is -2.05. The lowest BCUT2D eigenvalue weighted by atomic mass is 10.1. The number of aromatic nitrogens is 2. The lowest BCUT2D eigenvalue weighted by Crippen LogP contribution is -2.03. The molecule has 6 heteroatoms. The van der Waals surface area contributed by atoms with Crippen molar-refractivity contribution in [1.29, 1.82) is 5.26 Å². The largest absolute Gasteiger partial charge is 0.463 e. The van der Waals surface area contributed by atoms with Crippen LogP contribution in [-0.4, -0.2) is 15.5 Å². The van der Waals surface area contributed by atoms with Crippen LogP contribution in [0.1, 0.15) is 18.2 Å². The van der Waals surface area contributed by atoms with Gasteiger partial charge in [0.15, 0.2) is 5.76 Å². The van der Waals surface area contributed by atoms with Crippen LogP contribution in [0.25, 0.3) is 17.1 Å². The number of hydrogen-bond donors (Lipinski definition) is 1. The van der Waals surface area contributed by atoms with E-state index in [0.29, 0.717) is 28.4 Å². The first-order valence-electron chi connectivity index (χ1n) is 6.63. The quantitative estimate of drug-likeness (QED) is 0.456. The smallest absolute Gasteiger partial charge is 0.153 e. The van der Waals surface area contributed by atoms with E-state index in [-0.39, 0.29) is 0 Å². The van der Waals surface area contributed by atoms with E-state index < -0.39 is 0 Å². The number of nitriles is 1. The molecule has 0 saturated heterocycles. The second kappa shape index (κ2) is 5.58. The number of rotatable bonds is 3. The zero-order chi connectivity index (χ0) is 15.5. The highest BCUT2D eigenvalue weighted by Gasteiger charge is 2.23. The number of para-hydroxylation sites is 1. The minimum Gasteiger partial charge on any atom is -0.463 e. The minimum atomic E-state index is 0.380. The van der Waals surface area contributed by atoms with E-state index in [1.54, 1.807) is 30.0 Å². The number of furan rings is 1. The summed E-state index contributed by atoms with van der Waals surface area (Å²) in [6.45, 7) is 1.71. The van der Waals surface area contributed by atoms with Gasteiger partial charge in [0, 0.05) is 0 Å². The van der Waals surface area contributed by atoms with Crippen molar-refractivity contribution in [2.24, 2.45) is 10.9 Å². The molecule has 0 saturated carbocycles. The van der Waals surface area contributed by atoms with E-state index in [0.717, 1.165) is 5.69 Å². The molecule has 2 heterocycles. The van der Waals surface area contributed by atoms with Crippen LogP contribution in [0.2, 0.25) is 0 Å². The van der Waals surface area contributed by atoms with E-state index in [1.807, 2.05) is 30.3 Å². The van der Waals surface area contributed by atoms with Crippen LogP contribution in [0, 0.1) is 11.3 Å². The Labute approximate surface area is 127 Å². The van der Waals surface area contributed by atoms with Gasteiger partial charge in [-0.15, -0.1) is 0 Å². The van der Waals surface area contributed by atoms with Crippen LogP contribution in [0.3, 0.4) is 0 Å². The molecule has 0 bridgehead atoms. The third-order valence-electron chi connectivity index (χ3n) is 3.29. The molecule has 6 nitrogen and oxygen atoms in total. The Morgan fingerprint density at radius 1 is 1.27 bits per heavy atom.